The third kappa shape index (κ3) is 2.02. The number of rotatable bonds is 3. The van der Waals surface area contributed by atoms with Crippen molar-refractivity contribution in [2.45, 2.75) is 19.4 Å². The molecular formula is C12H13ClN2O4. The largest absolute Gasteiger partial charge is 0.481 e. The average molecular weight is 285 g/mol. The van der Waals surface area contributed by atoms with Crippen molar-refractivity contribution in [1.29, 1.82) is 0 Å². The number of nitrogens with one attached hydrogen (secondary N) is 1. The highest BCUT2D eigenvalue weighted by atomic mass is 35.5. The summed E-state index contributed by atoms with van der Waals surface area (Å²) in [5.41, 5.74) is -1.07. The molecule has 0 aromatic carbocycles. The van der Waals surface area contributed by atoms with E-state index in [0.717, 1.165) is 0 Å². The summed E-state index contributed by atoms with van der Waals surface area (Å²) in [4.78, 5) is 27.5. The Labute approximate surface area is 115 Å². The Morgan fingerprint density at radius 2 is 2.11 bits per heavy atom. The second-order valence-corrected chi connectivity index (χ2v) is 4.81. The minimum atomic E-state index is -1.44. The van der Waals surface area contributed by atoms with Crippen molar-refractivity contribution in [3.63, 3.8) is 0 Å². The molecule has 1 aromatic rings. The van der Waals surface area contributed by atoms with Gasteiger partial charge in [-0.25, -0.2) is 9.78 Å². The van der Waals surface area contributed by atoms with Gasteiger partial charge in [0.25, 0.3) is 5.91 Å². The summed E-state index contributed by atoms with van der Waals surface area (Å²) >= 11 is 5.79. The first-order valence-corrected chi connectivity index (χ1v) is 6.05. The Kier molecular flexibility index (Phi) is 3.36. The van der Waals surface area contributed by atoms with Gasteiger partial charge in [-0.2, -0.15) is 0 Å². The first-order chi connectivity index (χ1) is 8.91. The van der Waals surface area contributed by atoms with Gasteiger partial charge >= 0.3 is 6.09 Å². The molecule has 1 unspecified atom stereocenters. The van der Waals surface area contributed by atoms with Gasteiger partial charge in [-0.15, -0.1) is 0 Å². The van der Waals surface area contributed by atoms with Crippen LogP contribution in [0.15, 0.2) is 12.1 Å². The molecule has 0 spiro atoms. The molecule has 6 nitrogen and oxygen atoms in total. The fraction of sp³-hybridized carbons (Fsp3) is 0.417. The van der Waals surface area contributed by atoms with Crippen molar-refractivity contribution in [2.75, 3.05) is 7.11 Å². The number of pyridine rings is 1. The van der Waals surface area contributed by atoms with Crippen LogP contribution in [-0.2, 0) is 15.1 Å². The number of methoxy groups -OCH3 is 1. The Balaban J connectivity index is 2.64. The minimum absolute atomic E-state index is 0.158. The summed E-state index contributed by atoms with van der Waals surface area (Å²) in [5, 5.41) is 2.36. The Morgan fingerprint density at radius 1 is 1.42 bits per heavy atom. The van der Waals surface area contributed by atoms with E-state index in [0.29, 0.717) is 5.56 Å². The third-order valence-electron chi connectivity index (χ3n) is 3.04. The molecular weight excluding hydrogens is 272 g/mol. The van der Waals surface area contributed by atoms with E-state index in [-0.39, 0.29) is 17.0 Å². The topological polar surface area (TPSA) is 77.5 Å². The number of carbonyl (C=O) groups is 2. The summed E-state index contributed by atoms with van der Waals surface area (Å²) < 4.78 is 10.4. The van der Waals surface area contributed by atoms with E-state index in [1.165, 1.54) is 13.2 Å². The summed E-state index contributed by atoms with van der Waals surface area (Å²) in [6.07, 6.45) is -0.782. The lowest BCUT2D eigenvalue weighted by Crippen LogP contribution is -2.41. The molecule has 2 heterocycles. The van der Waals surface area contributed by atoms with Crippen LogP contribution < -0.4 is 10.1 Å². The lowest BCUT2D eigenvalue weighted by atomic mass is 9.83. The van der Waals surface area contributed by atoms with Crippen LogP contribution >= 0.6 is 11.6 Å². The van der Waals surface area contributed by atoms with E-state index < -0.39 is 17.6 Å². The van der Waals surface area contributed by atoms with Crippen molar-refractivity contribution in [1.82, 2.24) is 10.3 Å². The number of alkyl carbamates (subject to hydrolysis) is 1. The van der Waals surface area contributed by atoms with E-state index in [1.807, 2.05) is 0 Å². The SMILES string of the molecule is COc1nc(Cl)ccc1C1(C(C)C)OC(=O)NC1=O. The Hall–Kier alpha value is -1.82. The van der Waals surface area contributed by atoms with Gasteiger partial charge in [-0.05, 0) is 12.1 Å². The van der Waals surface area contributed by atoms with E-state index in [4.69, 9.17) is 21.1 Å². The van der Waals surface area contributed by atoms with Gasteiger partial charge in [0.15, 0.2) is 0 Å². The fourth-order valence-corrected chi connectivity index (χ4v) is 2.27. The number of amides is 2. The molecule has 102 valence electrons. The number of nitrogens with zero attached hydrogens (tertiary/aromatic N) is 1. The monoisotopic (exact) mass is 284 g/mol. The second-order valence-electron chi connectivity index (χ2n) is 4.42. The molecule has 1 fully saturated rings. The van der Waals surface area contributed by atoms with Gasteiger partial charge in [0.05, 0.1) is 12.7 Å². The maximum absolute atomic E-state index is 12.1. The molecule has 0 bridgehead atoms. The number of hydrogen-bond donors (Lipinski definition) is 1. The molecule has 1 N–H and O–H groups in total. The molecule has 19 heavy (non-hydrogen) atoms. The van der Waals surface area contributed by atoms with Crippen LogP contribution in [-0.4, -0.2) is 24.1 Å². The van der Waals surface area contributed by atoms with Crippen molar-refractivity contribution in [3.05, 3.63) is 22.8 Å². The first kappa shape index (κ1) is 13.6. The minimum Gasteiger partial charge on any atom is -0.481 e. The lowest BCUT2D eigenvalue weighted by molar-refractivity contribution is -0.136. The first-order valence-electron chi connectivity index (χ1n) is 5.67. The highest BCUT2D eigenvalue weighted by molar-refractivity contribution is 6.29. The van der Waals surface area contributed by atoms with E-state index in [9.17, 15) is 9.59 Å². The van der Waals surface area contributed by atoms with Gasteiger partial charge in [0.1, 0.15) is 5.15 Å². The van der Waals surface area contributed by atoms with Crippen LogP contribution in [0.4, 0.5) is 4.79 Å². The number of halogens is 1. The molecule has 2 amide bonds. The third-order valence-corrected chi connectivity index (χ3v) is 3.25. The molecule has 1 atom stereocenters. The molecule has 1 saturated heterocycles. The lowest BCUT2D eigenvalue weighted by Gasteiger charge is -2.29. The second kappa shape index (κ2) is 4.70. The summed E-state index contributed by atoms with van der Waals surface area (Å²) in [7, 11) is 1.41. The number of ether oxygens (including phenoxy) is 2. The van der Waals surface area contributed by atoms with Crippen molar-refractivity contribution < 1.29 is 19.1 Å². The van der Waals surface area contributed by atoms with Crippen LogP contribution in [0, 0.1) is 5.92 Å². The maximum Gasteiger partial charge on any atom is 0.415 e. The number of aromatic nitrogens is 1. The van der Waals surface area contributed by atoms with Crippen LogP contribution in [0.5, 0.6) is 5.88 Å². The number of imide groups is 1. The predicted octanol–water partition coefficient (Wildman–Crippen LogP) is 1.86. The average Bonchev–Trinajstić information content (AvgIpc) is 2.65. The van der Waals surface area contributed by atoms with Crippen molar-refractivity contribution in [3.8, 4) is 5.88 Å². The molecule has 2 rings (SSSR count). The van der Waals surface area contributed by atoms with Gasteiger partial charge in [0, 0.05) is 5.92 Å². The quantitative estimate of drug-likeness (QED) is 0.857. The van der Waals surface area contributed by atoms with Crippen molar-refractivity contribution >= 4 is 23.6 Å². The van der Waals surface area contributed by atoms with Gasteiger partial charge < -0.3 is 9.47 Å². The highest BCUT2D eigenvalue weighted by Gasteiger charge is 2.54. The van der Waals surface area contributed by atoms with E-state index in [1.54, 1.807) is 19.9 Å². The van der Waals surface area contributed by atoms with Crippen LogP contribution in [0.25, 0.3) is 0 Å². The molecule has 0 saturated carbocycles. The highest BCUT2D eigenvalue weighted by Crippen LogP contribution is 2.41. The van der Waals surface area contributed by atoms with Crippen LogP contribution in [0.1, 0.15) is 19.4 Å². The number of hydrogen-bond acceptors (Lipinski definition) is 5. The Bertz CT molecular complexity index is 547. The molecule has 0 radical (unpaired) electrons. The molecule has 1 aliphatic rings. The Morgan fingerprint density at radius 3 is 2.58 bits per heavy atom. The zero-order valence-electron chi connectivity index (χ0n) is 10.7. The van der Waals surface area contributed by atoms with Gasteiger partial charge in [-0.1, -0.05) is 25.4 Å². The molecule has 1 aromatic heterocycles. The van der Waals surface area contributed by atoms with Gasteiger partial charge in [0.2, 0.25) is 11.5 Å². The maximum atomic E-state index is 12.1. The smallest absolute Gasteiger partial charge is 0.415 e. The van der Waals surface area contributed by atoms with E-state index >= 15 is 0 Å². The molecule has 0 aliphatic carbocycles. The fourth-order valence-electron chi connectivity index (χ4n) is 2.13. The summed E-state index contributed by atoms with van der Waals surface area (Å²) in [6.45, 7) is 3.54. The molecule has 1 aliphatic heterocycles. The van der Waals surface area contributed by atoms with Crippen LogP contribution in [0.2, 0.25) is 5.15 Å². The zero-order valence-corrected chi connectivity index (χ0v) is 11.4. The van der Waals surface area contributed by atoms with Crippen LogP contribution in [0.3, 0.4) is 0 Å². The number of cyclic esters (lactones) is 1. The zero-order chi connectivity index (χ0) is 14.2. The van der Waals surface area contributed by atoms with Gasteiger partial charge in [-0.3, -0.25) is 10.1 Å². The van der Waals surface area contributed by atoms with E-state index in [2.05, 4.69) is 10.3 Å². The standard InChI is InChI=1S/C12H13ClN2O4/c1-6(2)12(10(16)15-11(17)19-12)7-4-5-8(13)14-9(7)18-3/h4-6H,1-3H3,(H,15,16,17). The summed E-state index contributed by atoms with van der Waals surface area (Å²) in [5.74, 6) is -0.670. The molecule has 7 heteroatoms. The number of carbonyl (C=O) groups excluding carboxylic acids is 2. The van der Waals surface area contributed by atoms with Crippen molar-refractivity contribution in [2.24, 2.45) is 5.92 Å². The normalized spacial score (nSPS) is 22.4. The summed E-state index contributed by atoms with van der Waals surface area (Å²) in [6, 6.07) is 3.09. The predicted molar refractivity (Wildman–Crippen MR) is 66.9 cm³/mol.